The Morgan fingerprint density at radius 3 is 2.82 bits per heavy atom. The van der Waals surface area contributed by atoms with Crippen LogP contribution in [-0.2, 0) is 4.79 Å². The van der Waals surface area contributed by atoms with Gasteiger partial charge in [0.05, 0.1) is 0 Å². The summed E-state index contributed by atoms with van der Waals surface area (Å²) in [6, 6.07) is 0.476. The predicted octanol–water partition coefficient (Wildman–Crippen LogP) is 1.65. The highest BCUT2D eigenvalue weighted by atomic mass is 16.1. The Bertz CT molecular complexity index is 136. The van der Waals surface area contributed by atoms with Gasteiger partial charge >= 0.3 is 0 Å². The van der Waals surface area contributed by atoms with Gasteiger partial charge in [0.2, 0.25) is 6.41 Å². The molecular formula is C9H17NO. The summed E-state index contributed by atoms with van der Waals surface area (Å²) in [5, 5.41) is 0. The van der Waals surface area contributed by atoms with Crippen molar-refractivity contribution in [2.45, 2.75) is 39.2 Å². The molecule has 1 unspecified atom stereocenters. The van der Waals surface area contributed by atoms with Crippen molar-refractivity contribution in [3.05, 3.63) is 0 Å². The van der Waals surface area contributed by atoms with E-state index in [4.69, 9.17) is 0 Å². The molecule has 0 spiro atoms. The van der Waals surface area contributed by atoms with Crippen molar-refractivity contribution in [1.82, 2.24) is 4.90 Å². The maximum Gasteiger partial charge on any atom is 0.209 e. The van der Waals surface area contributed by atoms with Crippen LogP contribution >= 0.6 is 0 Å². The van der Waals surface area contributed by atoms with E-state index >= 15 is 0 Å². The number of carbonyl (C=O) groups excluding carboxylic acids is 1. The van der Waals surface area contributed by atoms with E-state index < -0.39 is 0 Å². The molecule has 0 saturated carbocycles. The molecule has 0 aromatic carbocycles. The summed E-state index contributed by atoms with van der Waals surface area (Å²) >= 11 is 0. The number of hydrogen-bond acceptors (Lipinski definition) is 1. The molecule has 1 heterocycles. The largest absolute Gasteiger partial charge is 0.342 e. The highest BCUT2D eigenvalue weighted by Gasteiger charge is 2.26. The van der Waals surface area contributed by atoms with Crippen molar-refractivity contribution in [3.63, 3.8) is 0 Å². The molecule has 1 aliphatic heterocycles. The molecule has 11 heavy (non-hydrogen) atoms. The van der Waals surface area contributed by atoms with E-state index in [0.717, 1.165) is 18.9 Å². The minimum atomic E-state index is 0.476. The molecule has 0 bridgehead atoms. The molecule has 0 radical (unpaired) electrons. The van der Waals surface area contributed by atoms with E-state index in [1.54, 1.807) is 0 Å². The summed E-state index contributed by atoms with van der Waals surface area (Å²) in [5.74, 6) is 0.764. The summed E-state index contributed by atoms with van der Waals surface area (Å²) in [6.07, 6.45) is 4.70. The third kappa shape index (κ3) is 1.95. The standard InChI is InChI=1S/C9H17NO/c1-3-4-9-5-8(2)10(6-9)7-11/h7-9H,3-6H2,1-2H3/t8?,9-/m1/s1. The minimum absolute atomic E-state index is 0.476. The van der Waals surface area contributed by atoms with Gasteiger partial charge in [-0.05, 0) is 25.7 Å². The van der Waals surface area contributed by atoms with Gasteiger partial charge in [-0.25, -0.2) is 0 Å². The fourth-order valence-electron chi connectivity index (χ4n) is 1.93. The van der Waals surface area contributed by atoms with E-state index in [-0.39, 0.29) is 0 Å². The van der Waals surface area contributed by atoms with E-state index in [1.807, 2.05) is 4.90 Å². The summed E-state index contributed by atoms with van der Waals surface area (Å²) in [5.41, 5.74) is 0. The van der Waals surface area contributed by atoms with E-state index in [2.05, 4.69) is 13.8 Å². The Kier molecular flexibility index (Phi) is 2.92. The van der Waals surface area contributed by atoms with Crippen molar-refractivity contribution in [3.8, 4) is 0 Å². The Morgan fingerprint density at radius 2 is 2.36 bits per heavy atom. The van der Waals surface area contributed by atoms with Gasteiger partial charge in [-0.1, -0.05) is 13.3 Å². The predicted molar refractivity (Wildman–Crippen MR) is 45.2 cm³/mol. The fourth-order valence-corrected chi connectivity index (χ4v) is 1.93. The second-order valence-corrected chi connectivity index (χ2v) is 3.54. The van der Waals surface area contributed by atoms with E-state index in [0.29, 0.717) is 6.04 Å². The van der Waals surface area contributed by atoms with Crippen LogP contribution in [-0.4, -0.2) is 23.9 Å². The molecule has 1 fully saturated rings. The maximum absolute atomic E-state index is 10.5. The van der Waals surface area contributed by atoms with Crippen LogP contribution in [0.3, 0.4) is 0 Å². The van der Waals surface area contributed by atoms with Crippen LogP contribution in [0.5, 0.6) is 0 Å². The van der Waals surface area contributed by atoms with Gasteiger partial charge in [0, 0.05) is 12.6 Å². The summed E-state index contributed by atoms with van der Waals surface area (Å²) in [7, 11) is 0. The molecule has 2 nitrogen and oxygen atoms in total. The van der Waals surface area contributed by atoms with Gasteiger partial charge in [-0.3, -0.25) is 4.79 Å². The lowest BCUT2D eigenvalue weighted by Crippen LogP contribution is -2.25. The zero-order valence-corrected chi connectivity index (χ0v) is 7.42. The zero-order chi connectivity index (χ0) is 8.27. The first-order valence-electron chi connectivity index (χ1n) is 4.49. The monoisotopic (exact) mass is 155 g/mol. The number of carbonyl (C=O) groups is 1. The Morgan fingerprint density at radius 1 is 1.64 bits per heavy atom. The van der Waals surface area contributed by atoms with Gasteiger partial charge in [0.1, 0.15) is 0 Å². The molecule has 0 aliphatic carbocycles. The molecule has 0 aromatic heterocycles. The summed E-state index contributed by atoms with van der Waals surface area (Å²) in [6.45, 7) is 5.32. The van der Waals surface area contributed by atoms with E-state index in [1.165, 1.54) is 19.3 Å². The van der Waals surface area contributed by atoms with Gasteiger partial charge in [-0.15, -0.1) is 0 Å². The first kappa shape index (κ1) is 8.57. The number of hydrogen-bond donors (Lipinski definition) is 0. The second kappa shape index (κ2) is 3.74. The van der Waals surface area contributed by atoms with Crippen molar-refractivity contribution in [2.24, 2.45) is 5.92 Å². The Labute approximate surface area is 68.6 Å². The third-order valence-corrected chi connectivity index (χ3v) is 2.54. The summed E-state index contributed by atoms with van der Waals surface area (Å²) in [4.78, 5) is 12.4. The molecule has 1 saturated heterocycles. The highest BCUT2D eigenvalue weighted by Crippen LogP contribution is 2.24. The number of likely N-dealkylation sites (tertiary alicyclic amines) is 1. The smallest absolute Gasteiger partial charge is 0.209 e. The van der Waals surface area contributed by atoms with Crippen molar-refractivity contribution in [1.29, 1.82) is 0 Å². The molecule has 2 atom stereocenters. The number of amides is 1. The van der Waals surface area contributed by atoms with Crippen molar-refractivity contribution >= 4 is 6.41 Å². The molecule has 1 rings (SSSR count). The fraction of sp³-hybridized carbons (Fsp3) is 0.889. The average Bonchev–Trinajstić information content (AvgIpc) is 2.32. The topological polar surface area (TPSA) is 20.3 Å². The second-order valence-electron chi connectivity index (χ2n) is 3.54. The molecule has 64 valence electrons. The van der Waals surface area contributed by atoms with Crippen LogP contribution in [0.1, 0.15) is 33.1 Å². The van der Waals surface area contributed by atoms with Crippen molar-refractivity contribution < 1.29 is 4.79 Å². The lowest BCUT2D eigenvalue weighted by Gasteiger charge is -2.13. The van der Waals surface area contributed by atoms with Crippen LogP contribution < -0.4 is 0 Å². The third-order valence-electron chi connectivity index (χ3n) is 2.54. The summed E-state index contributed by atoms with van der Waals surface area (Å²) < 4.78 is 0. The average molecular weight is 155 g/mol. The number of rotatable bonds is 3. The lowest BCUT2D eigenvalue weighted by atomic mass is 10.0. The molecule has 1 aliphatic rings. The maximum atomic E-state index is 10.5. The van der Waals surface area contributed by atoms with Crippen LogP contribution in [0.4, 0.5) is 0 Å². The molecule has 2 heteroatoms. The SMILES string of the molecule is CCC[C@@H]1CC(C)N(C=O)C1. The molecule has 1 amide bonds. The lowest BCUT2D eigenvalue weighted by molar-refractivity contribution is -0.118. The Hall–Kier alpha value is -0.530. The van der Waals surface area contributed by atoms with E-state index in [9.17, 15) is 4.79 Å². The minimum Gasteiger partial charge on any atom is -0.342 e. The van der Waals surface area contributed by atoms with Gasteiger partial charge in [0.25, 0.3) is 0 Å². The zero-order valence-electron chi connectivity index (χ0n) is 7.42. The van der Waals surface area contributed by atoms with Gasteiger partial charge in [-0.2, -0.15) is 0 Å². The molecule has 0 aromatic rings. The first-order chi connectivity index (χ1) is 5.27. The van der Waals surface area contributed by atoms with Crippen LogP contribution in [0.15, 0.2) is 0 Å². The quantitative estimate of drug-likeness (QED) is 0.567. The van der Waals surface area contributed by atoms with Crippen molar-refractivity contribution in [2.75, 3.05) is 6.54 Å². The first-order valence-corrected chi connectivity index (χ1v) is 4.49. The van der Waals surface area contributed by atoms with Crippen LogP contribution in [0, 0.1) is 5.92 Å². The normalized spacial score (nSPS) is 30.9. The molecule has 0 N–H and O–H groups in total. The van der Waals surface area contributed by atoms with Gasteiger partial charge in [0.15, 0.2) is 0 Å². The van der Waals surface area contributed by atoms with Crippen LogP contribution in [0.25, 0.3) is 0 Å². The number of nitrogens with zero attached hydrogens (tertiary/aromatic N) is 1. The molecular weight excluding hydrogens is 138 g/mol. The van der Waals surface area contributed by atoms with Crippen LogP contribution in [0.2, 0.25) is 0 Å². The highest BCUT2D eigenvalue weighted by molar-refractivity contribution is 5.48. The van der Waals surface area contributed by atoms with Gasteiger partial charge < -0.3 is 4.90 Å². The Balaban J connectivity index is 2.36.